The van der Waals surface area contributed by atoms with Crippen molar-refractivity contribution in [3.05, 3.63) is 24.3 Å². The molecule has 0 spiro atoms. The lowest BCUT2D eigenvalue weighted by molar-refractivity contribution is -0.178. The fourth-order valence-corrected chi connectivity index (χ4v) is 5.40. The highest BCUT2D eigenvalue weighted by Crippen LogP contribution is 2.55. The lowest BCUT2D eigenvalue weighted by Crippen LogP contribution is -2.57. The molecule has 0 heterocycles. The minimum Gasteiger partial charge on any atom is -0.481 e. The summed E-state index contributed by atoms with van der Waals surface area (Å²) in [6, 6.07) is 0. The number of Topliss-reactive ketones (excluding diaryl/α,β-unsaturated/α-hetero) is 2. The molecule has 2 fully saturated rings. The first kappa shape index (κ1) is 26.5. The zero-order valence-electron chi connectivity index (χ0n) is 19.1. The van der Waals surface area contributed by atoms with E-state index in [2.05, 4.69) is 6.92 Å². The van der Waals surface area contributed by atoms with Crippen molar-refractivity contribution in [1.82, 2.24) is 0 Å². The number of carbonyl (C=O) groups is 5. The minimum absolute atomic E-state index is 0.0458. The predicted molar refractivity (Wildman–Crippen MR) is 119 cm³/mol. The lowest BCUT2D eigenvalue weighted by Gasteiger charge is -2.42. The monoisotopic (exact) mass is 462 g/mol. The van der Waals surface area contributed by atoms with Crippen LogP contribution in [0.2, 0.25) is 0 Å². The number of unbranched alkanes of at least 4 members (excludes halogenated alkanes) is 4. The van der Waals surface area contributed by atoms with E-state index in [-0.39, 0.29) is 31.0 Å². The van der Waals surface area contributed by atoms with Gasteiger partial charge in [0, 0.05) is 31.1 Å². The van der Waals surface area contributed by atoms with Crippen molar-refractivity contribution >= 4 is 29.5 Å². The second-order valence-corrected chi connectivity index (χ2v) is 9.09. The molecule has 3 N–H and O–H groups in total. The second-order valence-electron chi connectivity index (χ2n) is 9.09. The molecule has 0 bridgehead atoms. The Bertz CT molecular complexity index is 810. The van der Waals surface area contributed by atoms with Crippen LogP contribution in [0, 0.1) is 29.1 Å². The molecule has 8 nitrogen and oxygen atoms in total. The number of hydrogen-bond acceptors (Lipinski definition) is 5. The van der Waals surface area contributed by atoms with Crippen molar-refractivity contribution in [1.29, 1.82) is 0 Å². The third kappa shape index (κ3) is 5.78. The molecule has 2 aliphatic rings. The molecule has 0 aromatic heterocycles. The van der Waals surface area contributed by atoms with E-state index in [1.54, 1.807) is 12.2 Å². The zero-order chi connectivity index (χ0) is 24.6. The molecule has 2 aliphatic carbocycles. The second kappa shape index (κ2) is 11.9. The first-order valence-corrected chi connectivity index (χ1v) is 11.7. The van der Waals surface area contributed by atoms with Gasteiger partial charge in [-0.1, -0.05) is 44.1 Å². The van der Waals surface area contributed by atoms with Crippen LogP contribution in [-0.2, 0) is 24.0 Å². The Labute approximate surface area is 193 Å². The van der Waals surface area contributed by atoms with Gasteiger partial charge in [0.15, 0.2) is 5.78 Å². The summed E-state index contributed by atoms with van der Waals surface area (Å²) < 4.78 is 0. The Morgan fingerprint density at radius 1 is 0.939 bits per heavy atom. The van der Waals surface area contributed by atoms with E-state index in [1.165, 1.54) is 0 Å². The van der Waals surface area contributed by atoms with E-state index in [0.717, 1.165) is 25.7 Å². The van der Waals surface area contributed by atoms with Crippen molar-refractivity contribution in [2.75, 3.05) is 0 Å². The molecule has 33 heavy (non-hydrogen) atoms. The van der Waals surface area contributed by atoms with Gasteiger partial charge in [-0.3, -0.25) is 24.0 Å². The Morgan fingerprint density at radius 2 is 1.61 bits per heavy atom. The van der Waals surface area contributed by atoms with Crippen LogP contribution < -0.4 is 0 Å². The van der Waals surface area contributed by atoms with E-state index < -0.39 is 46.9 Å². The number of carboxylic acids is 3. The van der Waals surface area contributed by atoms with E-state index in [1.807, 2.05) is 12.2 Å². The zero-order valence-corrected chi connectivity index (χ0v) is 19.1. The number of rotatable bonds is 13. The summed E-state index contributed by atoms with van der Waals surface area (Å²) in [4.78, 5) is 60.7. The molecular weight excluding hydrogens is 428 g/mol. The largest absolute Gasteiger partial charge is 0.481 e. The quantitative estimate of drug-likeness (QED) is 0.212. The molecule has 0 radical (unpaired) electrons. The van der Waals surface area contributed by atoms with Gasteiger partial charge in [-0.2, -0.15) is 0 Å². The first-order chi connectivity index (χ1) is 15.7. The van der Waals surface area contributed by atoms with Gasteiger partial charge in [-0.15, -0.1) is 0 Å². The number of ketones is 2. The smallest absolute Gasteiger partial charge is 0.329 e. The van der Waals surface area contributed by atoms with Crippen molar-refractivity contribution in [3.8, 4) is 0 Å². The summed E-state index contributed by atoms with van der Waals surface area (Å²) in [6.45, 7) is 2.09. The summed E-state index contributed by atoms with van der Waals surface area (Å²) in [5, 5.41) is 28.4. The van der Waals surface area contributed by atoms with Crippen LogP contribution in [0.15, 0.2) is 24.3 Å². The van der Waals surface area contributed by atoms with Crippen LogP contribution in [0.3, 0.4) is 0 Å². The van der Waals surface area contributed by atoms with Gasteiger partial charge in [0.05, 0.1) is 0 Å². The van der Waals surface area contributed by atoms with Crippen LogP contribution in [-0.4, -0.2) is 44.8 Å². The molecule has 0 amide bonds. The van der Waals surface area contributed by atoms with Gasteiger partial charge in [0.25, 0.3) is 0 Å². The number of hydrogen-bond donors (Lipinski definition) is 3. The first-order valence-electron chi connectivity index (χ1n) is 11.7. The predicted octanol–water partition coefficient (Wildman–Crippen LogP) is 3.89. The van der Waals surface area contributed by atoms with Crippen LogP contribution >= 0.6 is 0 Å². The van der Waals surface area contributed by atoms with Gasteiger partial charge in [-0.05, 0) is 43.9 Å². The summed E-state index contributed by atoms with van der Waals surface area (Å²) in [7, 11) is 0. The van der Waals surface area contributed by atoms with E-state index in [0.29, 0.717) is 19.3 Å². The molecular formula is C25H34O8. The number of allylic oxidation sites excluding steroid dienone is 4. The fraction of sp³-hybridized carbons (Fsp3) is 0.640. The fourth-order valence-electron chi connectivity index (χ4n) is 5.40. The molecule has 0 aromatic carbocycles. The highest BCUT2D eigenvalue weighted by atomic mass is 16.4. The Kier molecular flexibility index (Phi) is 9.56. The van der Waals surface area contributed by atoms with Crippen molar-refractivity contribution in [3.63, 3.8) is 0 Å². The summed E-state index contributed by atoms with van der Waals surface area (Å²) in [5.74, 6) is -7.91. The standard InChI is InChI=1S/C25H34O8/c1-2-3-4-5-8-11-16-14-20(27)25(23(30)31,24(32)33)18-15-19(26)17(22(16)18)12-9-6-7-10-13-21(28)29/h6,8-9,11,16-18,22H,2-5,7,10,12-15H2,1H3,(H,28,29)(H,30,31)(H,32,33)/b9-6-,11-8+/t16-,17+,18-,22?/m1/s1. The van der Waals surface area contributed by atoms with E-state index in [4.69, 9.17) is 5.11 Å². The van der Waals surface area contributed by atoms with Gasteiger partial charge >= 0.3 is 17.9 Å². The number of aliphatic carboxylic acids is 3. The third-order valence-electron chi connectivity index (χ3n) is 7.03. The minimum atomic E-state index is -2.59. The van der Waals surface area contributed by atoms with Crippen LogP contribution in [0.1, 0.15) is 71.1 Å². The molecule has 0 aromatic rings. The maximum absolute atomic E-state index is 12.9. The van der Waals surface area contributed by atoms with E-state index in [9.17, 15) is 34.2 Å². The van der Waals surface area contributed by atoms with Gasteiger partial charge < -0.3 is 15.3 Å². The molecule has 0 aliphatic heterocycles. The van der Waals surface area contributed by atoms with Crippen molar-refractivity contribution < 1.29 is 39.3 Å². The van der Waals surface area contributed by atoms with Gasteiger partial charge in [0.1, 0.15) is 5.78 Å². The Balaban J connectivity index is 2.29. The van der Waals surface area contributed by atoms with Gasteiger partial charge in [-0.25, -0.2) is 0 Å². The SMILES string of the molecule is CCCCC/C=C/[C@@H]1CC(=O)C(C(=O)O)(C(=O)O)[C@@H]2CC(=O)[C@H](C/C=C\CCCC(=O)O)C12. The lowest BCUT2D eigenvalue weighted by atomic mass is 9.57. The normalized spacial score (nSPS) is 26.7. The maximum Gasteiger partial charge on any atom is 0.329 e. The Morgan fingerprint density at radius 3 is 2.21 bits per heavy atom. The van der Waals surface area contributed by atoms with Crippen molar-refractivity contribution in [2.45, 2.75) is 71.1 Å². The average molecular weight is 463 g/mol. The molecule has 0 saturated heterocycles. The summed E-state index contributed by atoms with van der Waals surface area (Å²) in [6.07, 6.45) is 12.3. The molecule has 182 valence electrons. The molecule has 8 heteroatoms. The van der Waals surface area contributed by atoms with Gasteiger partial charge in [0.2, 0.25) is 5.41 Å². The molecule has 2 saturated carbocycles. The van der Waals surface area contributed by atoms with Crippen LogP contribution in [0.25, 0.3) is 0 Å². The molecule has 4 atom stereocenters. The number of carboxylic acid groups (broad SMARTS) is 3. The highest BCUT2D eigenvalue weighted by Gasteiger charge is 2.68. The number of carbonyl (C=O) groups excluding carboxylic acids is 2. The summed E-state index contributed by atoms with van der Waals surface area (Å²) >= 11 is 0. The Hall–Kier alpha value is -2.77. The van der Waals surface area contributed by atoms with E-state index >= 15 is 0 Å². The highest BCUT2D eigenvalue weighted by molar-refractivity contribution is 6.20. The maximum atomic E-state index is 12.9. The number of fused-ring (bicyclic) bond motifs is 1. The summed E-state index contributed by atoms with van der Waals surface area (Å²) in [5.41, 5.74) is -2.59. The van der Waals surface area contributed by atoms with Crippen molar-refractivity contribution in [2.24, 2.45) is 29.1 Å². The topological polar surface area (TPSA) is 146 Å². The van der Waals surface area contributed by atoms with Crippen LogP contribution in [0.4, 0.5) is 0 Å². The molecule has 2 rings (SSSR count). The van der Waals surface area contributed by atoms with Crippen LogP contribution in [0.5, 0.6) is 0 Å². The average Bonchev–Trinajstić information content (AvgIpc) is 3.05. The third-order valence-corrected chi connectivity index (χ3v) is 7.03. The molecule has 1 unspecified atom stereocenters.